The van der Waals surface area contributed by atoms with Gasteiger partial charge in [-0.1, -0.05) is 212 Å². The van der Waals surface area contributed by atoms with Gasteiger partial charge in [0.25, 0.3) is 0 Å². The van der Waals surface area contributed by atoms with E-state index in [0.29, 0.717) is 26.1 Å². The molecule has 0 rings (SSSR count). The van der Waals surface area contributed by atoms with Crippen molar-refractivity contribution in [1.82, 2.24) is 0 Å². The molecule has 0 amide bonds. The van der Waals surface area contributed by atoms with Crippen LogP contribution in [0.2, 0.25) is 0 Å². The first-order valence-electron chi connectivity index (χ1n) is 23.9. The topological polar surface area (TPSA) is 61.8 Å². The van der Waals surface area contributed by atoms with Crippen LogP contribution >= 0.6 is 0 Å². The largest absolute Gasteiger partial charge is 0.462 e. The number of hydrogen-bond donors (Lipinski definition) is 0. The third kappa shape index (κ3) is 43.1. The summed E-state index contributed by atoms with van der Waals surface area (Å²) in [6.45, 7) is 7.80. The fraction of sp³-hybridized carbons (Fsp3) is 0.878. The third-order valence-electron chi connectivity index (χ3n) is 10.5. The maximum absolute atomic E-state index is 12.6. The minimum atomic E-state index is -0.526. The molecule has 0 aliphatic rings. The summed E-state index contributed by atoms with van der Waals surface area (Å²) < 4.78 is 17.3. The van der Waals surface area contributed by atoms with Gasteiger partial charge in [0.2, 0.25) is 0 Å². The number of rotatable bonds is 44. The van der Waals surface area contributed by atoms with Gasteiger partial charge in [-0.15, -0.1) is 0 Å². The second-order valence-electron chi connectivity index (χ2n) is 16.0. The van der Waals surface area contributed by atoms with Crippen molar-refractivity contribution in [3.05, 3.63) is 24.3 Å². The fourth-order valence-corrected chi connectivity index (χ4v) is 6.89. The molecule has 0 aliphatic carbocycles. The zero-order valence-electron chi connectivity index (χ0n) is 36.5. The lowest BCUT2D eigenvalue weighted by molar-refractivity contribution is -0.163. The SMILES string of the molecule is CCCCC/C=C\C/C=C\CCCCCCCCCCCC(=O)OCC(COCCCCCCCCCCCCCC)OC(=O)CCCCCCCCC. The van der Waals surface area contributed by atoms with E-state index in [4.69, 9.17) is 14.2 Å². The molecule has 0 aromatic heterocycles. The zero-order valence-corrected chi connectivity index (χ0v) is 36.5. The normalized spacial score (nSPS) is 12.3. The zero-order chi connectivity index (χ0) is 39.3. The summed E-state index contributed by atoms with van der Waals surface area (Å²) in [6, 6.07) is 0. The summed E-state index contributed by atoms with van der Waals surface area (Å²) in [5, 5.41) is 0. The van der Waals surface area contributed by atoms with E-state index in [0.717, 1.165) is 38.5 Å². The summed E-state index contributed by atoms with van der Waals surface area (Å²) in [6.07, 6.45) is 51.8. The van der Waals surface area contributed by atoms with Gasteiger partial charge in [-0.2, -0.15) is 0 Å². The summed E-state index contributed by atoms with van der Waals surface area (Å²) in [4.78, 5) is 25.1. The Hall–Kier alpha value is -1.62. The first-order valence-corrected chi connectivity index (χ1v) is 23.9. The van der Waals surface area contributed by atoms with E-state index < -0.39 is 6.10 Å². The molecule has 0 saturated carbocycles. The fourth-order valence-electron chi connectivity index (χ4n) is 6.89. The Kier molecular flexibility index (Phi) is 44.4. The van der Waals surface area contributed by atoms with E-state index in [1.807, 2.05) is 0 Å². The average molecular weight is 761 g/mol. The second kappa shape index (κ2) is 45.8. The van der Waals surface area contributed by atoms with E-state index in [-0.39, 0.29) is 18.5 Å². The quantitative estimate of drug-likeness (QED) is 0.0352. The Labute approximate surface area is 337 Å². The number of carbonyl (C=O) groups excluding carboxylic acids is 2. The second-order valence-corrected chi connectivity index (χ2v) is 16.0. The molecule has 0 N–H and O–H groups in total. The lowest BCUT2D eigenvalue weighted by Crippen LogP contribution is -2.30. The van der Waals surface area contributed by atoms with Crippen molar-refractivity contribution in [3.8, 4) is 0 Å². The molecule has 318 valence electrons. The highest BCUT2D eigenvalue weighted by atomic mass is 16.6. The van der Waals surface area contributed by atoms with Gasteiger partial charge in [0.05, 0.1) is 6.61 Å². The van der Waals surface area contributed by atoms with Gasteiger partial charge in [0, 0.05) is 19.4 Å². The summed E-state index contributed by atoms with van der Waals surface area (Å²) >= 11 is 0. The lowest BCUT2D eigenvalue weighted by Gasteiger charge is -2.18. The van der Waals surface area contributed by atoms with E-state index in [9.17, 15) is 9.59 Å². The molecular weight excluding hydrogens is 669 g/mol. The van der Waals surface area contributed by atoms with Crippen LogP contribution in [0.4, 0.5) is 0 Å². The van der Waals surface area contributed by atoms with Crippen LogP contribution in [0.5, 0.6) is 0 Å². The summed E-state index contributed by atoms with van der Waals surface area (Å²) in [5.74, 6) is -0.395. The van der Waals surface area contributed by atoms with Gasteiger partial charge in [0.15, 0.2) is 6.10 Å². The smallest absolute Gasteiger partial charge is 0.306 e. The molecule has 0 heterocycles. The predicted molar refractivity (Wildman–Crippen MR) is 233 cm³/mol. The van der Waals surface area contributed by atoms with Crippen LogP contribution in [0, 0.1) is 0 Å². The number of esters is 2. The first kappa shape index (κ1) is 52.4. The van der Waals surface area contributed by atoms with Gasteiger partial charge >= 0.3 is 11.9 Å². The van der Waals surface area contributed by atoms with Gasteiger partial charge in [-0.05, 0) is 51.4 Å². The van der Waals surface area contributed by atoms with Crippen LogP contribution in [-0.2, 0) is 23.8 Å². The third-order valence-corrected chi connectivity index (χ3v) is 10.5. The molecule has 0 aliphatic heterocycles. The van der Waals surface area contributed by atoms with Gasteiger partial charge in [-0.25, -0.2) is 0 Å². The highest BCUT2D eigenvalue weighted by molar-refractivity contribution is 5.70. The van der Waals surface area contributed by atoms with Crippen molar-refractivity contribution in [2.45, 2.75) is 258 Å². The van der Waals surface area contributed by atoms with E-state index in [1.165, 1.54) is 180 Å². The van der Waals surface area contributed by atoms with Crippen LogP contribution in [0.3, 0.4) is 0 Å². The molecule has 5 heteroatoms. The molecule has 5 nitrogen and oxygen atoms in total. The molecule has 0 spiro atoms. The Morgan fingerprint density at radius 1 is 0.407 bits per heavy atom. The number of ether oxygens (including phenoxy) is 3. The molecule has 0 bridgehead atoms. The summed E-state index contributed by atoms with van der Waals surface area (Å²) in [5.41, 5.74) is 0. The van der Waals surface area contributed by atoms with Gasteiger partial charge in [0.1, 0.15) is 6.61 Å². The standard InChI is InChI=1S/C49H92O5/c1-4-7-10-13-16-18-20-22-23-24-25-26-27-28-29-31-34-36-39-42-48(50)53-46-47(54-49(51)43-40-37-33-15-12-9-6-3)45-52-44-41-38-35-32-30-21-19-17-14-11-8-5-2/h16,18,22-23,47H,4-15,17,19-21,24-46H2,1-3H3/b18-16-,23-22-. The number of carbonyl (C=O) groups is 2. The Balaban J connectivity index is 4.07. The number of allylic oxidation sites excluding steroid dienone is 4. The molecule has 1 unspecified atom stereocenters. The highest BCUT2D eigenvalue weighted by Crippen LogP contribution is 2.15. The molecule has 0 aromatic carbocycles. The maximum atomic E-state index is 12.6. The predicted octanol–water partition coefficient (Wildman–Crippen LogP) is 15.7. The van der Waals surface area contributed by atoms with E-state index in [1.54, 1.807) is 0 Å². The molecule has 54 heavy (non-hydrogen) atoms. The van der Waals surface area contributed by atoms with E-state index >= 15 is 0 Å². The molecule has 1 atom stereocenters. The van der Waals surface area contributed by atoms with Crippen LogP contribution in [0.15, 0.2) is 24.3 Å². The number of unbranched alkanes of at least 4 members (excludes halogenated alkanes) is 29. The Bertz CT molecular complexity index is 821. The van der Waals surface area contributed by atoms with Crippen molar-refractivity contribution in [2.24, 2.45) is 0 Å². The molecule has 0 fully saturated rings. The van der Waals surface area contributed by atoms with Crippen molar-refractivity contribution in [3.63, 3.8) is 0 Å². The van der Waals surface area contributed by atoms with Crippen molar-refractivity contribution in [2.75, 3.05) is 19.8 Å². The molecule has 0 radical (unpaired) electrons. The van der Waals surface area contributed by atoms with Crippen LogP contribution in [-0.4, -0.2) is 37.9 Å². The first-order chi connectivity index (χ1) is 26.6. The molecule has 0 aromatic rings. The van der Waals surface area contributed by atoms with Crippen LogP contribution in [0.1, 0.15) is 252 Å². The molecular formula is C49H92O5. The van der Waals surface area contributed by atoms with Crippen molar-refractivity contribution in [1.29, 1.82) is 0 Å². The van der Waals surface area contributed by atoms with Gasteiger partial charge in [-0.3, -0.25) is 9.59 Å². The van der Waals surface area contributed by atoms with E-state index in [2.05, 4.69) is 45.1 Å². The summed E-state index contributed by atoms with van der Waals surface area (Å²) in [7, 11) is 0. The number of hydrogen-bond acceptors (Lipinski definition) is 5. The van der Waals surface area contributed by atoms with Crippen molar-refractivity contribution >= 4 is 11.9 Å². The van der Waals surface area contributed by atoms with Crippen LogP contribution in [0.25, 0.3) is 0 Å². The lowest BCUT2D eigenvalue weighted by atomic mass is 10.1. The minimum Gasteiger partial charge on any atom is -0.462 e. The monoisotopic (exact) mass is 761 g/mol. The van der Waals surface area contributed by atoms with Crippen molar-refractivity contribution < 1.29 is 23.8 Å². The average Bonchev–Trinajstić information content (AvgIpc) is 3.17. The highest BCUT2D eigenvalue weighted by Gasteiger charge is 2.17. The molecule has 0 saturated heterocycles. The minimum absolute atomic E-state index is 0.0893. The van der Waals surface area contributed by atoms with Crippen LogP contribution < -0.4 is 0 Å². The van der Waals surface area contributed by atoms with Gasteiger partial charge < -0.3 is 14.2 Å². The Morgan fingerprint density at radius 3 is 1.26 bits per heavy atom. The maximum Gasteiger partial charge on any atom is 0.306 e. The Morgan fingerprint density at radius 2 is 0.778 bits per heavy atom.